The van der Waals surface area contributed by atoms with Crippen LogP contribution in [0.15, 0.2) is 18.2 Å². The first-order valence-corrected chi connectivity index (χ1v) is 6.86. The van der Waals surface area contributed by atoms with Gasteiger partial charge in [-0.05, 0) is 26.0 Å². The van der Waals surface area contributed by atoms with Gasteiger partial charge < -0.3 is 15.0 Å². The highest BCUT2D eigenvalue weighted by molar-refractivity contribution is 5.99. The van der Waals surface area contributed by atoms with Gasteiger partial charge in [0, 0.05) is 38.5 Å². The van der Waals surface area contributed by atoms with Crippen molar-refractivity contribution in [3.63, 3.8) is 0 Å². The molecule has 1 aromatic rings. The normalized spacial score (nSPS) is 10.2. The Bertz CT molecular complexity index is 505. The summed E-state index contributed by atoms with van der Waals surface area (Å²) in [5.74, 6) is -0.388. The lowest BCUT2D eigenvalue weighted by Crippen LogP contribution is -2.30. The molecule has 0 bridgehead atoms. The molecule has 0 saturated heterocycles. The minimum absolute atomic E-state index is 0.0810. The van der Waals surface area contributed by atoms with E-state index in [-0.39, 0.29) is 17.2 Å². The zero-order valence-electron chi connectivity index (χ0n) is 12.6. The van der Waals surface area contributed by atoms with Gasteiger partial charge in [-0.2, -0.15) is 0 Å². The second-order valence-electron chi connectivity index (χ2n) is 4.44. The second-order valence-corrected chi connectivity index (χ2v) is 4.44. The Hall–Kier alpha value is -2.15. The standard InChI is InChI=1S/C14H21N3O4/c1-4-15-11-6-7-13(17(19)20)12(10-11)14(18)16(3)8-9-21-5-2/h6-7,10,15H,4-5,8-9H2,1-3H3. The van der Waals surface area contributed by atoms with Crippen LogP contribution in [0.1, 0.15) is 24.2 Å². The fourth-order valence-electron chi connectivity index (χ4n) is 1.83. The number of nitro groups is 1. The summed E-state index contributed by atoms with van der Waals surface area (Å²) >= 11 is 0. The van der Waals surface area contributed by atoms with Gasteiger partial charge in [0.05, 0.1) is 11.5 Å². The SMILES string of the molecule is CCNc1ccc([N+](=O)[O-])c(C(=O)N(C)CCOCC)c1. The topological polar surface area (TPSA) is 84.7 Å². The van der Waals surface area contributed by atoms with Crippen molar-refractivity contribution in [2.75, 3.05) is 38.7 Å². The van der Waals surface area contributed by atoms with Gasteiger partial charge in [-0.1, -0.05) is 0 Å². The number of anilines is 1. The zero-order valence-corrected chi connectivity index (χ0v) is 12.6. The summed E-state index contributed by atoms with van der Waals surface area (Å²) in [5.41, 5.74) is 0.576. The van der Waals surface area contributed by atoms with Crippen molar-refractivity contribution in [1.29, 1.82) is 0 Å². The minimum atomic E-state index is -0.542. The van der Waals surface area contributed by atoms with Gasteiger partial charge in [0.1, 0.15) is 5.56 Å². The van der Waals surface area contributed by atoms with Crippen molar-refractivity contribution < 1.29 is 14.5 Å². The highest BCUT2D eigenvalue weighted by Crippen LogP contribution is 2.23. The van der Waals surface area contributed by atoms with Crippen molar-refractivity contribution in [2.24, 2.45) is 0 Å². The van der Waals surface area contributed by atoms with Crippen LogP contribution < -0.4 is 5.32 Å². The molecule has 0 radical (unpaired) electrons. The molecule has 0 fully saturated rings. The van der Waals surface area contributed by atoms with E-state index in [2.05, 4.69) is 5.32 Å². The summed E-state index contributed by atoms with van der Waals surface area (Å²) in [6.45, 7) is 5.81. The predicted octanol–water partition coefficient (Wildman–Crippen LogP) is 2.14. The van der Waals surface area contributed by atoms with Gasteiger partial charge in [0.15, 0.2) is 0 Å². The van der Waals surface area contributed by atoms with Crippen LogP contribution in [-0.2, 0) is 4.74 Å². The van der Waals surface area contributed by atoms with Crippen molar-refractivity contribution in [3.8, 4) is 0 Å². The predicted molar refractivity (Wildman–Crippen MR) is 80.7 cm³/mol. The van der Waals surface area contributed by atoms with Crippen LogP contribution in [0.3, 0.4) is 0 Å². The van der Waals surface area contributed by atoms with Gasteiger partial charge in [-0.25, -0.2) is 0 Å². The summed E-state index contributed by atoms with van der Waals surface area (Å²) in [6, 6.07) is 4.46. The van der Waals surface area contributed by atoms with Gasteiger partial charge >= 0.3 is 0 Å². The maximum absolute atomic E-state index is 12.4. The summed E-state index contributed by atoms with van der Waals surface area (Å²) in [5, 5.41) is 14.1. The smallest absolute Gasteiger partial charge is 0.282 e. The molecule has 0 aliphatic heterocycles. The molecule has 0 aromatic heterocycles. The Morgan fingerprint density at radius 2 is 2.14 bits per heavy atom. The number of benzene rings is 1. The van der Waals surface area contributed by atoms with Crippen LogP contribution >= 0.6 is 0 Å². The van der Waals surface area contributed by atoms with E-state index < -0.39 is 4.92 Å². The average molecular weight is 295 g/mol. The monoisotopic (exact) mass is 295 g/mol. The van der Waals surface area contributed by atoms with Crippen LogP contribution in [-0.4, -0.2) is 49.1 Å². The first-order chi connectivity index (χ1) is 10.0. The molecule has 0 saturated carbocycles. The third kappa shape index (κ3) is 4.71. The Morgan fingerprint density at radius 3 is 2.71 bits per heavy atom. The van der Waals surface area contributed by atoms with E-state index in [1.165, 1.54) is 17.0 Å². The van der Waals surface area contributed by atoms with E-state index in [1.807, 2.05) is 13.8 Å². The molecule has 0 heterocycles. The molecule has 1 amide bonds. The first kappa shape index (κ1) is 16.9. The van der Waals surface area contributed by atoms with Crippen LogP contribution in [0, 0.1) is 10.1 Å². The second kappa shape index (κ2) is 8.21. The number of ether oxygens (including phenoxy) is 1. The maximum atomic E-state index is 12.4. The number of likely N-dealkylation sites (N-methyl/N-ethyl adjacent to an activating group) is 1. The molecule has 1 rings (SSSR count). The first-order valence-electron chi connectivity index (χ1n) is 6.86. The number of hydrogen-bond donors (Lipinski definition) is 1. The Labute approximate surface area is 124 Å². The molecule has 1 N–H and O–H groups in total. The summed E-state index contributed by atoms with van der Waals surface area (Å²) < 4.78 is 5.19. The molecule has 21 heavy (non-hydrogen) atoms. The van der Waals surface area contributed by atoms with Gasteiger partial charge in [-0.3, -0.25) is 14.9 Å². The van der Waals surface area contributed by atoms with E-state index >= 15 is 0 Å². The number of amides is 1. The fraction of sp³-hybridized carbons (Fsp3) is 0.500. The lowest BCUT2D eigenvalue weighted by molar-refractivity contribution is -0.385. The lowest BCUT2D eigenvalue weighted by Gasteiger charge is -2.17. The lowest BCUT2D eigenvalue weighted by atomic mass is 10.1. The molecule has 0 unspecified atom stereocenters. The van der Waals surface area contributed by atoms with Gasteiger partial charge in [0.2, 0.25) is 0 Å². The maximum Gasteiger partial charge on any atom is 0.282 e. The van der Waals surface area contributed by atoms with Crippen molar-refractivity contribution in [3.05, 3.63) is 33.9 Å². The molecule has 0 aliphatic rings. The number of nitrogens with one attached hydrogen (secondary N) is 1. The van der Waals surface area contributed by atoms with Crippen LogP contribution in [0.5, 0.6) is 0 Å². The number of carbonyl (C=O) groups excluding carboxylic acids is 1. The summed E-state index contributed by atoms with van der Waals surface area (Å²) in [4.78, 5) is 24.3. The molecule has 1 aromatic carbocycles. The van der Waals surface area contributed by atoms with Crippen LogP contribution in [0.4, 0.5) is 11.4 Å². The van der Waals surface area contributed by atoms with Crippen molar-refractivity contribution in [2.45, 2.75) is 13.8 Å². The fourth-order valence-corrected chi connectivity index (χ4v) is 1.83. The average Bonchev–Trinajstić information content (AvgIpc) is 2.46. The van der Waals surface area contributed by atoms with Crippen LogP contribution in [0.2, 0.25) is 0 Å². The van der Waals surface area contributed by atoms with E-state index in [1.54, 1.807) is 13.1 Å². The third-order valence-electron chi connectivity index (χ3n) is 2.93. The molecule has 7 nitrogen and oxygen atoms in total. The quantitative estimate of drug-likeness (QED) is 0.451. The van der Waals surface area contributed by atoms with E-state index in [0.717, 1.165) is 0 Å². The summed E-state index contributed by atoms with van der Waals surface area (Å²) in [7, 11) is 1.60. The molecule has 0 spiro atoms. The van der Waals surface area contributed by atoms with Crippen LogP contribution in [0.25, 0.3) is 0 Å². The summed E-state index contributed by atoms with van der Waals surface area (Å²) in [6.07, 6.45) is 0. The van der Waals surface area contributed by atoms with E-state index in [9.17, 15) is 14.9 Å². The van der Waals surface area contributed by atoms with Crippen molar-refractivity contribution in [1.82, 2.24) is 4.90 Å². The molecular formula is C14H21N3O4. The van der Waals surface area contributed by atoms with Gasteiger partial charge in [-0.15, -0.1) is 0 Å². The number of nitrogens with zero attached hydrogens (tertiary/aromatic N) is 2. The highest BCUT2D eigenvalue weighted by atomic mass is 16.6. The number of nitro benzene ring substituents is 1. The Balaban J connectivity index is 2.98. The van der Waals surface area contributed by atoms with Crippen molar-refractivity contribution >= 4 is 17.3 Å². The Kier molecular flexibility index (Phi) is 6.61. The van der Waals surface area contributed by atoms with E-state index in [0.29, 0.717) is 32.0 Å². The highest BCUT2D eigenvalue weighted by Gasteiger charge is 2.23. The molecule has 116 valence electrons. The minimum Gasteiger partial charge on any atom is -0.385 e. The molecule has 0 aliphatic carbocycles. The molecular weight excluding hydrogens is 274 g/mol. The van der Waals surface area contributed by atoms with E-state index in [4.69, 9.17) is 4.74 Å². The largest absolute Gasteiger partial charge is 0.385 e. The number of carbonyl (C=O) groups is 1. The van der Waals surface area contributed by atoms with Gasteiger partial charge in [0.25, 0.3) is 11.6 Å². The molecule has 7 heteroatoms. The number of rotatable bonds is 8. The zero-order chi connectivity index (χ0) is 15.8. The molecule has 0 atom stereocenters. The third-order valence-corrected chi connectivity index (χ3v) is 2.93. The number of hydrogen-bond acceptors (Lipinski definition) is 5. The Morgan fingerprint density at radius 1 is 1.43 bits per heavy atom.